The van der Waals surface area contributed by atoms with Gasteiger partial charge in [0, 0.05) is 19.0 Å². The maximum Gasteiger partial charge on any atom is 0.481 e. The number of nitrogen functional groups attached to an aromatic ring is 1. The number of unbranched alkanes of at least 4 members (excludes halogenated alkanes) is 16. The molecule has 1 aromatic heterocycles. The van der Waals surface area contributed by atoms with E-state index in [1.165, 1.54) is 63.9 Å². The second kappa shape index (κ2) is 32.4. The van der Waals surface area contributed by atoms with Crippen molar-refractivity contribution in [3.05, 3.63) is 34.9 Å². The van der Waals surface area contributed by atoms with Crippen molar-refractivity contribution in [1.29, 1.82) is 0 Å². The normalized spacial score (nSPS) is 22.7. The number of aliphatic hydroxyl groups excluding tert-OH is 2. The number of aromatic nitrogens is 2. The molecule has 19 nitrogen and oxygen atoms in total. The minimum Gasteiger partial charge on any atom is -0.462 e. The van der Waals surface area contributed by atoms with Crippen LogP contribution in [0.2, 0.25) is 0 Å². The predicted molar refractivity (Wildman–Crippen MR) is 251 cm³/mol. The zero-order valence-corrected chi connectivity index (χ0v) is 41.9. The first-order valence-corrected chi connectivity index (χ1v) is 27.7. The molecule has 3 heterocycles. The van der Waals surface area contributed by atoms with Gasteiger partial charge in [0.1, 0.15) is 30.7 Å². The zero-order valence-electron chi connectivity index (χ0n) is 40.1. The van der Waals surface area contributed by atoms with E-state index < -0.39 is 83.7 Å². The summed E-state index contributed by atoms with van der Waals surface area (Å²) in [5.41, 5.74) is 4.58. The molecule has 0 aromatic carbocycles. The van der Waals surface area contributed by atoms with Gasteiger partial charge < -0.3 is 44.7 Å². The molecular weight excluding hydrogens is 912 g/mol. The van der Waals surface area contributed by atoms with E-state index in [0.717, 1.165) is 87.3 Å². The summed E-state index contributed by atoms with van der Waals surface area (Å²) in [4.78, 5) is 61.8. The Balaban J connectivity index is 1.40. The number of allylic oxidation sites excluding steroid dienone is 1. The van der Waals surface area contributed by atoms with E-state index in [2.05, 4.69) is 42.2 Å². The first-order valence-electron chi connectivity index (χ1n) is 24.7. The monoisotopic (exact) mass is 994 g/mol. The van der Waals surface area contributed by atoms with Gasteiger partial charge in [0.2, 0.25) is 0 Å². The van der Waals surface area contributed by atoms with Gasteiger partial charge >= 0.3 is 33.3 Å². The molecule has 0 saturated carbocycles. The molecule has 21 heteroatoms. The van der Waals surface area contributed by atoms with Crippen LogP contribution in [-0.4, -0.2) is 97.9 Å². The summed E-state index contributed by atoms with van der Waals surface area (Å²) in [5, 5.41) is 20.9. The Kier molecular flexibility index (Phi) is 28.4. The van der Waals surface area contributed by atoms with Gasteiger partial charge in [0.15, 0.2) is 12.3 Å². The number of phosphoric ester groups is 2. The Labute approximate surface area is 397 Å². The second-order valence-corrected chi connectivity index (χ2v) is 21.2. The zero-order chi connectivity index (χ0) is 49.1. The van der Waals surface area contributed by atoms with Crippen LogP contribution in [-0.2, 0) is 51.0 Å². The third-order valence-electron chi connectivity index (χ3n) is 11.7. The standard InChI is InChI=1S/C46H81N3O16P2/c1-4-5-20-26-37-38(63-37)27-22-17-13-10-11-15-19-24-29-42(51)62-36(32-59-41(50)28-23-18-14-9-7-6-8-12-16-21-25-35(2)3)33-60-66(55,56)65-67(57,58)61-34-39-43(52)44(53)45(64-39)49-31-30-40(47)48-46(49)54/h17,22,30-31,35-39,43-45,52-53H,4-16,18-21,23-29,32-34H2,1-3H3,(H,55,56)(H,57,58)(H2,47,48,54)/b22-17-/t36-,37?,38?,39-,43-,44-,45-/m1/s1. The largest absolute Gasteiger partial charge is 0.481 e. The number of esters is 2. The van der Waals surface area contributed by atoms with Gasteiger partial charge in [0.05, 0.1) is 25.4 Å². The third kappa shape index (κ3) is 25.8. The van der Waals surface area contributed by atoms with Crippen molar-refractivity contribution in [3.63, 3.8) is 0 Å². The minimum atomic E-state index is -5.42. The molecular formula is C46H81N3O16P2. The number of rotatable bonds is 39. The lowest BCUT2D eigenvalue weighted by Gasteiger charge is -2.21. The predicted octanol–water partition coefficient (Wildman–Crippen LogP) is 8.51. The van der Waals surface area contributed by atoms with Crippen LogP contribution in [0.3, 0.4) is 0 Å². The van der Waals surface area contributed by atoms with Crippen LogP contribution in [0.5, 0.6) is 0 Å². The quantitative estimate of drug-likeness (QED) is 0.0136. The fourth-order valence-corrected chi connectivity index (χ4v) is 9.85. The van der Waals surface area contributed by atoms with Gasteiger partial charge in [-0.25, -0.2) is 13.9 Å². The smallest absolute Gasteiger partial charge is 0.462 e. The number of phosphoric acid groups is 2. The van der Waals surface area contributed by atoms with Crippen LogP contribution in [0.4, 0.5) is 5.82 Å². The number of hydrogen-bond donors (Lipinski definition) is 5. The van der Waals surface area contributed by atoms with E-state index in [-0.39, 0.29) is 18.7 Å². The fourth-order valence-electron chi connectivity index (χ4n) is 7.74. The summed E-state index contributed by atoms with van der Waals surface area (Å²) >= 11 is 0. The summed E-state index contributed by atoms with van der Waals surface area (Å²) in [6, 6.07) is 1.25. The number of nitrogens with two attached hydrogens (primary N) is 1. The van der Waals surface area contributed by atoms with Crippen LogP contribution in [0.1, 0.15) is 181 Å². The van der Waals surface area contributed by atoms with Crippen LogP contribution < -0.4 is 11.4 Å². The van der Waals surface area contributed by atoms with Crippen LogP contribution in [0.15, 0.2) is 29.2 Å². The highest BCUT2D eigenvalue weighted by Crippen LogP contribution is 2.60. The van der Waals surface area contributed by atoms with Crippen molar-refractivity contribution in [3.8, 4) is 0 Å². The summed E-state index contributed by atoms with van der Waals surface area (Å²) < 4.78 is 62.5. The SMILES string of the molecule is CCCCCC1OC1C/C=C\CCCCCCCC(=O)O[C@H](COC(=O)CCCCCCCCCCCCC(C)C)COP(=O)(O)OP(=O)(O)OC[C@H]1O[C@@H](n2ccc(N)nc2=O)[C@H](O)[C@@H]1O. The van der Waals surface area contributed by atoms with Gasteiger partial charge in [-0.15, -0.1) is 0 Å². The Hall–Kier alpha value is -2.54. The molecule has 3 rings (SSSR count). The van der Waals surface area contributed by atoms with Crippen LogP contribution >= 0.6 is 15.6 Å². The van der Waals surface area contributed by atoms with Gasteiger partial charge in [0.25, 0.3) is 0 Å². The molecule has 67 heavy (non-hydrogen) atoms. The first-order chi connectivity index (χ1) is 32.0. The minimum absolute atomic E-state index is 0.0321. The molecule has 386 valence electrons. The van der Waals surface area contributed by atoms with Crippen LogP contribution in [0.25, 0.3) is 0 Å². The fraction of sp³-hybridized carbons (Fsp3) is 0.826. The third-order valence-corrected chi connectivity index (χ3v) is 14.3. The van der Waals surface area contributed by atoms with E-state index in [0.29, 0.717) is 25.0 Å². The molecule has 9 atom stereocenters. The summed E-state index contributed by atoms with van der Waals surface area (Å²) in [5.74, 6) is -0.559. The average molecular weight is 994 g/mol. The second-order valence-electron chi connectivity index (χ2n) is 18.2. The molecule has 0 aliphatic carbocycles. The highest BCUT2D eigenvalue weighted by Gasteiger charge is 2.46. The Morgan fingerprint density at radius 3 is 2.03 bits per heavy atom. The maximum absolute atomic E-state index is 12.8. The average Bonchev–Trinajstić information content (AvgIpc) is 3.96. The van der Waals surface area contributed by atoms with E-state index in [1.54, 1.807) is 0 Å². The molecule has 6 N–H and O–H groups in total. The number of ether oxygens (including phenoxy) is 4. The number of hydrogen-bond acceptors (Lipinski definition) is 16. The highest BCUT2D eigenvalue weighted by molar-refractivity contribution is 7.61. The molecule has 1 aromatic rings. The summed E-state index contributed by atoms with van der Waals surface area (Å²) in [7, 11) is -10.8. The molecule has 4 unspecified atom stereocenters. The van der Waals surface area contributed by atoms with Crippen molar-refractivity contribution in [2.24, 2.45) is 5.92 Å². The van der Waals surface area contributed by atoms with Gasteiger partial charge in [-0.2, -0.15) is 9.29 Å². The van der Waals surface area contributed by atoms with Gasteiger partial charge in [-0.05, 0) is 50.5 Å². The molecule has 2 aliphatic rings. The van der Waals surface area contributed by atoms with E-state index in [9.17, 15) is 43.5 Å². The molecule has 2 saturated heterocycles. The molecule has 2 fully saturated rings. The number of carbonyl (C=O) groups excluding carboxylic acids is 2. The molecule has 0 radical (unpaired) electrons. The van der Waals surface area contributed by atoms with Crippen molar-refractivity contribution < 1.29 is 71.0 Å². The van der Waals surface area contributed by atoms with Crippen molar-refractivity contribution in [2.75, 3.05) is 25.6 Å². The summed E-state index contributed by atoms with van der Waals surface area (Å²) in [6.45, 7) is 4.39. The van der Waals surface area contributed by atoms with Crippen molar-refractivity contribution >= 4 is 33.4 Å². The van der Waals surface area contributed by atoms with E-state index in [4.69, 9.17) is 33.7 Å². The summed E-state index contributed by atoms with van der Waals surface area (Å²) in [6.07, 6.45) is 21.9. The number of epoxide rings is 1. The topological polar surface area (TPSA) is 278 Å². The molecule has 0 spiro atoms. The Morgan fingerprint density at radius 1 is 0.776 bits per heavy atom. The molecule has 0 amide bonds. The van der Waals surface area contributed by atoms with Gasteiger partial charge in [-0.1, -0.05) is 136 Å². The Bertz CT molecular complexity index is 1750. The van der Waals surface area contributed by atoms with Crippen LogP contribution in [0, 0.1) is 5.92 Å². The lowest BCUT2D eigenvalue weighted by atomic mass is 10.0. The van der Waals surface area contributed by atoms with Crippen molar-refractivity contribution in [2.45, 2.75) is 218 Å². The van der Waals surface area contributed by atoms with E-state index >= 15 is 0 Å². The number of nitrogens with zero attached hydrogens (tertiary/aromatic N) is 2. The molecule has 0 bridgehead atoms. The number of aliphatic hydroxyl groups is 2. The lowest BCUT2D eigenvalue weighted by molar-refractivity contribution is -0.161. The van der Waals surface area contributed by atoms with Gasteiger partial charge in [-0.3, -0.25) is 23.2 Å². The lowest BCUT2D eigenvalue weighted by Crippen LogP contribution is -2.36. The number of anilines is 1. The highest BCUT2D eigenvalue weighted by atomic mass is 31.3. The molecule has 2 aliphatic heterocycles. The van der Waals surface area contributed by atoms with Crippen molar-refractivity contribution in [1.82, 2.24) is 9.55 Å². The van der Waals surface area contributed by atoms with E-state index in [1.807, 2.05) is 0 Å². The first kappa shape index (κ1) is 58.8. The maximum atomic E-state index is 12.8. The Morgan fingerprint density at radius 2 is 1.39 bits per heavy atom. The number of carbonyl (C=O) groups is 2.